The van der Waals surface area contributed by atoms with Crippen molar-refractivity contribution in [1.82, 2.24) is 14.8 Å². The van der Waals surface area contributed by atoms with Crippen LogP contribution in [0.4, 0.5) is 0 Å². The summed E-state index contributed by atoms with van der Waals surface area (Å²) < 4.78 is 2.30. The highest BCUT2D eigenvalue weighted by Crippen LogP contribution is 2.30. The maximum atomic E-state index is 5.88. The van der Waals surface area contributed by atoms with Gasteiger partial charge in [0, 0.05) is 12.5 Å². The van der Waals surface area contributed by atoms with Gasteiger partial charge in [-0.1, -0.05) is 26.7 Å². The van der Waals surface area contributed by atoms with Crippen LogP contribution in [0.25, 0.3) is 0 Å². The summed E-state index contributed by atoms with van der Waals surface area (Å²) in [6.45, 7) is 5.25. The molecule has 1 aromatic rings. The van der Waals surface area contributed by atoms with E-state index in [1.807, 2.05) is 6.33 Å². The number of aromatic nitrogens is 3. The highest BCUT2D eigenvalue weighted by atomic mass is 15.3. The molecule has 1 fully saturated rings. The second kappa shape index (κ2) is 6.32. The van der Waals surface area contributed by atoms with E-state index in [1.165, 1.54) is 32.1 Å². The van der Waals surface area contributed by atoms with Crippen molar-refractivity contribution in [3.05, 3.63) is 12.2 Å². The van der Waals surface area contributed by atoms with Crippen LogP contribution in [0.5, 0.6) is 0 Å². The molecule has 1 aliphatic carbocycles. The van der Waals surface area contributed by atoms with Crippen LogP contribution in [-0.2, 0) is 6.42 Å². The standard InChI is InChI=1S/C14H26N4/c1-11(2)7-12(9-15)8-14-17-16-10-18(14)13-5-3-4-6-13/h10-13H,3-9,15H2,1-2H3/t12-/m0/s1. The van der Waals surface area contributed by atoms with Gasteiger partial charge >= 0.3 is 0 Å². The Morgan fingerprint density at radius 3 is 2.72 bits per heavy atom. The molecule has 4 heteroatoms. The van der Waals surface area contributed by atoms with Gasteiger partial charge in [-0.2, -0.15) is 0 Å². The molecule has 1 aliphatic rings. The quantitative estimate of drug-likeness (QED) is 0.844. The molecule has 0 spiro atoms. The fourth-order valence-electron chi connectivity index (χ4n) is 3.09. The molecule has 1 aromatic heterocycles. The first kappa shape index (κ1) is 13.5. The first-order chi connectivity index (χ1) is 8.70. The van der Waals surface area contributed by atoms with Crippen LogP contribution in [0.15, 0.2) is 6.33 Å². The Labute approximate surface area is 110 Å². The molecule has 1 atom stereocenters. The van der Waals surface area contributed by atoms with Crippen LogP contribution in [0.1, 0.15) is 57.8 Å². The van der Waals surface area contributed by atoms with Gasteiger partial charge < -0.3 is 10.3 Å². The molecular formula is C14H26N4. The molecule has 1 saturated carbocycles. The van der Waals surface area contributed by atoms with E-state index in [9.17, 15) is 0 Å². The Morgan fingerprint density at radius 2 is 2.11 bits per heavy atom. The largest absolute Gasteiger partial charge is 0.330 e. The van der Waals surface area contributed by atoms with E-state index in [4.69, 9.17) is 5.73 Å². The van der Waals surface area contributed by atoms with E-state index >= 15 is 0 Å². The van der Waals surface area contributed by atoms with Gasteiger partial charge in [0.1, 0.15) is 12.2 Å². The SMILES string of the molecule is CC(C)C[C@H](CN)Cc1nncn1C1CCCC1. The lowest BCUT2D eigenvalue weighted by atomic mass is 9.94. The molecule has 0 radical (unpaired) electrons. The summed E-state index contributed by atoms with van der Waals surface area (Å²) in [6, 6.07) is 0.632. The summed E-state index contributed by atoms with van der Waals surface area (Å²) in [7, 11) is 0. The smallest absolute Gasteiger partial charge is 0.133 e. The monoisotopic (exact) mass is 250 g/mol. The number of nitrogens with two attached hydrogens (primary N) is 1. The molecule has 0 unspecified atom stereocenters. The normalized spacial score (nSPS) is 18.7. The Kier molecular flexibility index (Phi) is 4.75. The van der Waals surface area contributed by atoms with Gasteiger partial charge in [0.2, 0.25) is 0 Å². The van der Waals surface area contributed by atoms with Gasteiger partial charge in [0.25, 0.3) is 0 Å². The summed E-state index contributed by atoms with van der Waals surface area (Å²) >= 11 is 0. The summed E-state index contributed by atoms with van der Waals surface area (Å²) in [5.74, 6) is 2.37. The molecule has 18 heavy (non-hydrogen) atoms. The van der Waals surface area contributed by atoms with E-state index in [0.29, 0.717) is 17.9 Å². The third kappa shape index (κ3) is 3.31. The zero-order valence-electron chi connectivity index (χ0n) is 11.7. The van der Waals surface area contributed by atoms with Crippen LogP contribution in [0.3, 0.4) is 0 Å². The third-order valence-corrected chi connectivity index (χ3v) is 3.97. The van der Waals surface area contributed by atoms with Crippen molar-refractivity contribution in [2.24, 2.45) is 17.6 Å². The third-order valence-electron chi connectivity index (χ3n) is 3.97. The van der Waals surface area contributed by atoms with Gasteiger partial charge in [-0.3, -0.25) is 0 Å². The van der Waals surface area contributed by atoms with Crippen molar-refractivity contribution in [1.29, 1.82) is 0 Å². The minimum atomic E-state index is 0.536. The van der Waals surface area contributed by atoms with Crippen molar-refractivity contribution in [2.75, 3.05) is 6.54 Å². The number of hydrogen-bond acceptors (Lipinski definition) is 3. The van der Waals surface area contributed by atoms with E-state index in [0.717, 1.165) is 18.8 Å². The van der Waals surface area contributed by atoms with Crippen LogP contribution in [0, 0.1) is 11.8 Å². The lowest BCUT2D eigenvalue weighted by Gasteiger charge is -2.19. The molecule has 1 heterocycles. The molecule has 2 N–H and O–H groups in total. The zero-order chi connectivity index (χ0) is 13.0. The summed E-state index contributed by atoms with van der Waals surface area (Å²) in [5.41, 5.74) is 5.88. The topological polar surface area (TPSA) is 56.7 Å². The fraction of sp³-hybridized carbons (Fsp3) is 0.857. The van der Waals surface area contributed by atoms with Crippen LogP contribution in [-0.4, -0.2) is 21.3 Å². The maximum Gasteiger partial charge on any atom is 0.133 e. The van der Waals surface area contributed by atoms with Gasteiger partial charge in [-0.25, -0.2) is 0 Å². The fourth-order valence-corrected chi connectivity index (χ4v) is 3.09. The van der Waals surface area contributed by atoms with Gasteiger partial charge in [0.15, 0.2) is 0 Å². The molecule has 0 aliphatic heterocycles. The lowest BCUT2D eigenvalue weighted by molar-refractivity contribution is 0.393. The minimum absolute atomic E-state index is 0.536. The molecule has 2 rings (SSSR count). The average Bonchev–Trinajstić information content (AvgIpc) is 2.96. The van der Waals surface area contributed by atoms with Crippen molar-refractivity contribution in [2.45, 2.75) is 58.4 Å². The number of nitrogens with zero attached hydrogens (tertiary/aromatic N) is 3. The highest BCUT2D eigenvalue weighted by Gasteiger charge is 2.21. The first-order valence-corrected chi connectivity index (χ1v) is 7.29. The first-order valence-electron chi connectivity index (χ1n) is 7.29. The van der Waals surface area contributed by atoms with Crippen molar-refractivity contribution >= 4 is 0 Å². The number of hydrogen-bond donors (Lipinski definition) is 1. The molecule has 0 saturated heterocycles. The van der Waals surface area contributed by atoms with Crippen LogP contribution in [0.2, 0.25) is 0 Å². The molecule has 0 bridgehead atoms. The van der Waals surface area contributed by atoms with Gasteiger partial charge in [-0.15, -0.1) is 10.2 Å². The molecule has 102 valence electrons. The average molecular weight is 250 g/mol. The molecule has 4 nitrogen and oxygen atoms in total. The van der Waals surface area contributed by atoms with E-state index in [-0.39, 0.29) is 0 Å². The Bertz CT molecular complexity index is 352. The Morgan fingerprint density at radius 1 is 1.39 bits per heavy atom. The Hall–Kier alpha value is -0.900. The van der Waals surface area contributed by atoms with Crippen molar-refractivity contribution in [3.8, 4) is 0 Å². The van der Waals surface area contributed by atoms with E-state index < -0.39 is 0 Å². The maximum absolute atomic E-state index is 5.88. The Balaban J connectivity index is 2.01. The van der Waals surface area contributed by atoms with E-state index in [2.05, 4.69) is 28.6 Å². The predicted molar refractivity (Wildman–Crippen MR) is 73.2 cm³/mol. The summed E-state index contributed by atoms with van der Waals surface area (Å²) in [6.07, 6.45) is 9.31. The van der Waals surface area contributed by atoms with Gasteiger partial charge in [0.05, 0.1) is 0 Å². The lowest BCUT2D eigenvalue weighted by Crippen LogP contribution is -2.21. The van der Waals surface area contributed by atoms with Crippen LogP contribution < -0.4 is 5.73 Å². The van der Waals surface area contributed by atoms with Crippen molar-refractivity contribution in [3.63, 3.8) is 0 Å². The predicted octanol–water partition coefficient (Wildman–Crippen LogP) is 2.56. The van der Waals surface area contributed by atoms with Gasteiger partial charge in [-0.05, 0) is 37.6 Å². The molecule has 0 aromatic carbocycles. The summed E-state index contributed by atoms with van der Waals surface area (Å²) in [4.78, 5) is 0. The molecular weight excluding hydrogens is 224 g/mol. The van der Waals surface area contributed by atoms with Crippen molar-refractivity contribution < 1.29 is 0 Å². The molecule has 0 amide bonds. The second-order valence-electron chi connectivity index (χ2n) is 6.03. The van der Waals surface area contributed by atoms with Crippen LogP contribution >= 0.6 is 0 Å². The summed E-state index contributed by atoms with van der Waals surface area (Å²) in [5, 5.41) is 8.42. The zero-order valence-corrected chi connectivity index (χ0v) is 11.7. The second-order valence-corrected chi connectivity index (χ2v) is 6.03. The minimum Gasteiger partial charge on any atom is -0.330 e. The number of rotatable bonds is 6. The highest BCUT2D eigenvalue weighted by molar-refractivity contribution is 4.93. The van der Waals surface area contributed by atoms with E-state index in [1.54, 1.807) is 0 Å².